The summed E-state index contributed by atoms with van der Waals surface area (Å²) in [5.41, 5.74) is 1.13. The number of fused-ring (bicyclic) bond motifs is 3. The maximum Gasteiger partial charge on any atom is 0.415 e. The van der Waals surface area contributed by atoms with Gasteiger partial charge in [0.15, 0.2) is 0 Å². The molecule has 152 valence electrons. The van der Waals surface area contributed by atoms with Crippen LogP contribution < -0.4 is 9.47 Å². The summed E-state index contributed by atoms with van der Waals surface area (Å²) in [7, 11) is 0. The summed E-state index contributed by atoms with van der Waals surface area (Å²) < 4.78 is 11.6. The van der Waals surface area contributed by atoms with Crippen molar-refractivity contribution in [1.29, 1.82) is 0 Å². The Morgan fingerprint density at radius 2 is 1.62 bits per heavy atom. The maximum absolute atomic E-state index is 13.0. The first-order valence-corrected chi connectivity index (χ1v) is 10.8. The lowest BCUT2D eigenvalue weighted by molar-refractivity contribution is 0.00928. The Morgan fingerprint density at radius 3 is 2.24 bits per heavy atom. The third kappa shape index (κ3) is 4.25. The van der Waals surface area contributed by atoms with E-state index < -0.39 is 0 Å². The van der Waals surface area contributed by atoms with Crippen LogP contribution in [0.3, 0.4) is 0 Å². The molecule has 4 fully saturated rings. The van der Waals surface area contributed by atoms with E-state index in [0.29, 0.717) is 30.4 Å². The third-order valence-electron chi connectivity index (χ3n) is 6.41. The number of amides is 1. The Hall–Kier alpha value is -2.53. The molecule has 4 aliphatic rings. The molecule has 2 bridgehead atoms. The molecule has 29 heavy (non-hydrogen) atoms. The van der Waals surface area contributed by atoms with E-state index in [9.17, 15) is 4.79 Å². The van der Waals surface area contributed by atoms with Crippen molar-refractivity contribution in [3.8, 4) is 11.5 Å². The summed E-state index contributed by atoms with van der Waals surface area (Å²) in [6.07, 6.45) is 4.42. The van der Waals surface area contributed by atoms with Gasteiger partial charge in [0.05, 0.1) is 6.04 Å². The molecule has 6 rings (SSSR count). The summed E-state index contributed by atoms with van der Waals surface area (Å²) in [6, 6.07) is 18.1. The lowest BCUT2D eigenvalue weighted by Gasteiger charge is -2.48. The lowest BCUT2D eigenvalue weighted by Crippen LogP contribution is -2.59. The largest absolute Gasteiger partial charge is 0.489 e. The summed E-state index contributed by atoms with van der Waals surface area (Å²) in [5.74, 6) is 1.97. The van der Waals surface area contributed by atoms with E-state index in [2.05, 4.69) is 9.80 Å². The van der Waals surface area contributed by atoms with Crippen molar-refractivity contribution in [2.75, 3.05) is 19.6 Å². The molecule has 3 saturated heterocycles. The second-order valence-corrected chi connectivity index (χ2v) is 8.46. The number of benzene rings is 2. The van der Waals surface area contributed by atoms with Gasteiger partial charge in [0.25, 0.3) is 0 Å². The molecular weight excluding hydrogens is 364 g/mol. The van der Waals surface area contributed by atoms with Crippen molar-refractivity contribution in [2.45, 2.75) is 44.4 Å². The number of ether oxygens (including phenoxy) is 2. The first-order chi connectivity index (χ1) is 14.3. The Labute approximate surface area is 172 Å². The molecule has 3 heterocycles. The molecule has 0 N–H and O–H groups in total. The van der Waals surface area contributed by atoms with Gasteiger partial charge in [-0.05, 0) is 74.5 Å². The molecular formula is C24H28N2O3. The van der Waals surface area contributed by atoms with Gasteiger partial charge < -0.3 is 19.3 Å². The minimum absolute atomic E-state index is 0.191. The van der Waals surface area contributed by atoms with Crippen LogP contribution in [0.25, 0.3) is 0 Å². The second-order valence-electron chi connectivity index (χ2n) is 8.46. The molecule has 0 spiro atoms. The highest BCUT2D eigenvalue weighted by Gasteiger charge is 2.45. The van der Waals surface area contributed by atoms with Crippen LogP contribution in [-0.4, -0.2) is 47.6 Å². The number of carbonyl (C=O) groups is 1. The van der Waals surface area contributed by atoms with E-state index in [1.807, 2.05) is 54.6 Å². The molecule has 5 nitrogen and oxygen atoms in total. The van der Waals surface area contributed by atoms with Crippen LogP contribution >= 0.6 is 0 Å². The molecule has 1 saturated carbocycles. The van der Waals surface area contributed by atoms with Gasteiger partial charge in [-0.2, -0.15) is 0 Å². The van der Waals surface area contributed by atoms with Gasteiger partial charge in [-0.3, -0.25) is 0 Å². The van der Waals surface area contributed by atoms with Crippen molar-refractivity contribution >= 4 is 6.09 Å². The molecule has 1 amide bonds. The highest BCUT2D eigenvalue weighted by molar-refractivity contribution is 5.72. The van der Waals surface area contributed by atoms with Crippen molar-refractivity contribution in [3.05, 3.63) is 60.2 Å². The molecule has 5 heteroatoms. The monoisotopic (exact) mass is 392 g/mol. The van der Waals surface area contributed by atoms with E-state index in [1.165, 1.54) is 25.9 Å². The Kier molecular flexibility index (Phi) is 5.15. The molecule has 1 aliphatic carbocycles. The number of piperidine rings is 3. The minimum Gasteiger partial charge on any atom is -0.489 e. The van der Waals surface area contributed by atoms with Gasteiger partial charge in [0.1, 0.15) is 18.1 Å². The third-order valence-corrected chi connectivity index (χ3v) is 6.41. The van der Waals surface area contributed by atoms with Gasteiger partial charge in [-0.25, -0.2) is 4.79 Å². The van der Waals surface area contributed by atoms with Crippen LogP contribution in [0.1, 0.15) is 31.2 Å². The van der Waals surface area contributed by atoms with Gasteiger partial charge >= 0.3 is 6.09 Å². The summed E-state index contributed by atoms with van der Waals surface area (Å²) >= 11 is 0. The standard InChI is InChI=1S/C24H28N2O3/c27-24(26(20-6-7-20)23-16-25-14-12-19(23)13-15-25)29-22-10-8-21(9-11-22)28-17-18-4-2-1-3-5-18/h1-5,8-11,19-20,23H,6-7,12-17H2. The molecule has 2 aromatic carbocycles. The number of carbonyl (C=O) groups excluding carboxylic acids is 1. The van der Waals surface area contributed by atoms with E-state index in [-0.39, 0.29) is 6.09 Å². The first-order valence-electron chi connectivity index (χ1n) is 10.8. The van der Waals surface area contributed by atoms with Gasteiger partial charge in [0.2, 0.25) is 0 Å². The van der Waals surface area contributed by atoms with Crippen molar-refractivity contribution in [1.82, 2.24) is 9.80 Å². The predicted molar refractivity (Wildman–Crippen MR) is 111 cm³/mol. The van der Waals surface area contributed by atoms with E-state index in [1.54, 1.807) is 0 Å². The zero-order valence-electron chi connectivity index (χ0n) is 16.7. The van der Waals surface area contributed by atoms with Crippen LogP contribution in [-0.2, 0) is 6.61 Å². The molecule has 2 aromatic rings. The van der Waals surface area contributed by atoms with Crippen LogP contribution in [0.4, 0.5) is 4.79 Å². The zero-order valence-corrected chi connectivity index (χ0v) is 16.7. The maximum atomic E-state index is 13.0. The average Bonchev–Trinajstić information content (AvgIpc) is 3.60. The number of rotatable bonds is 6. The highest BCUT2D eigenvalue weighted by atomic mass is 16.6. The van der Waals surface area contributed by atoms with E-state index in [4.69, 9.17) is 9.47 Å². The smallest absolute Gasteiger partial charge is 0.415 e. The average molecular weight is 392 g/mol. The molecule has 1 atom stereocenters. The summed E-state index contributed by atoms with van der Waals surface area (Å²) in [5, 5.41) is 0. The van der Waals surface area contributed by atoms with Crippen LogP contribution in [0.15, 0.2) is 54.6 Å². The number of hydrogen-bond acceptors (Lipinski definition) is 4. The molecule has 0 aromatic heterocycles. The Morgan fingerprint density at radius 1 is 0.931 bits per heavy atom. The van der Waals surface area contributed by atoms with Gasteiger partial charge in [-0.15, -0.1) is 0 Å². The van der Waals surface area contributed by atoms with Crippen LogP contribution in [0, 0.1) is 5.92 Å². The predicted octanol–water partition coefficient (Wildman–Crippen LogP) is 4.32. The van der Waals surface area contributed by atoms with Crippen molar-refractivity contribution in [2.24, 2.45) is 5.92 Å². The molecule has 3 aliphatic heterocycles. The zero-order chi connectivity index (χ0) is 19.6. The summed E-state index contributed by atoms with van der Waals surface area (Å²) in [4.78, 5) is 17.6. The quantitative estimate of drug-likeness (QED) is 0.734. The fourth-order valence-corrected chi connectivity index (χ4v) is 4.66. The van der Waals surface area contributed by atoms with Crippen molar-refractivity contribution < 1.29 is 14.3 Å². The second kappa shape index (κ2) is 8.07. The topological polar surface area (TPSA) is 42.0 Å². The number of nitrogens with zero attached hydrogens (tertiary/aromatic N) is 2. The number of hydrogen-bond donors (Lipinski definition) is 0. The fourth-order valence-electron chi connectivity index (χ4n) is 4.66. The Balaban J connectivity index is 1.20. The lowest BCUT2D eigenvalue weighted by atomic mass is 9.83. The minimum atomic E-state index is -0.191. The fraction of sp³-hybridized carbons (Fsp3) is 0.458. The first kappa shape index (κ1) is 18.5. The Bertz CT molecular complexity index is 827. The van der Waals surface area contributed by atoms with Crippen LogP contribution in [0.2, 0.25) is 0 Å². The van der Waals surface area contributed by atoms with E-state index in [0.717, 1.165) is 30.7 Å². The SMILES string of the molecule is O=C(Oc1ccc(OCc2ccccc2)cc1)N(C1CC1)C1CN2CCC1CC2. The van der Waals surface area contributed by atoms with Crippen LogP contribution in [0.5, 0.6) is 11.5 Å². The molecule has 1 unspecified atom stereocenters. The highest BCUT2D eigenvalue weighted by Crippen LogP contribution is 2.38. The van der Waals surface area contributed by atoms with Gasteiger partial charge in [-0.1, -0.05) is 30.3 Å². The van der Waals surface area contributed by atoms with Crippen molar-refractivity contribution in [3.63, 3.8) is 0 Å². The van der Waals surface area contributed by atoms with E-state index >= 15 is 0 Å². The summed E-state index contributed by atoms with van der Waals surface area (Å²) in [6.45, 7) is 3.88. The normalized spacial score (nSPS) is 25.4. The molecule has 0 radical (unpaired) electrons. The van der Waals surface area contributed by atoms with Gasteiger partial charge in [0, 0.05) is 12.6 Å².